The minimum absolute atomic E-state index is 0.0225. The quantitative estimate of drug-likeness (QED) is 0.131. The second kappa shape index (κ2) is 17.7. The Morgan fingerprint density at radius 3 is 2.00 bits per heavy atom. The minimum atomic E-state index is -1.27. The summed E-state index contributed by atoms with van der Waals surface area (Å²) in [5, 5.41) is 18.3. The first-order chi connectivity index (χ1) is 24.6. The number of carboxylic acids is 1. The zero-order chi connectivity index (χ0) is 36.4. The van der Waals surface area contributed by atoms with Crippen molar-refractivity contribution >= 4 is 29.6 Å². The van der Waals surface area contributed by atoms with Crippen molar-refractivity contribution in [2.45, 2.75) is 106 Å². The van der Waals surface area contributed by atoms with Crippen LogP contribution in [-0.2, 0) is 36.8 Å². The van der Waals surface area contributed by atoms with Gasteiger partial charge in [0.2, 0.25) is 23.6 Å². The highest BCUT2D eigenvalue weighted by Crippen LogP contribution is 2.33. The highest BCUT2D eigenvalue weighted by molar-refractivity contribution is 5.97. The summed E-state index contributed by atoms with van der Waals surface area (Å²) in [7, 11) is 0. The number of carbonyl (C=O) groups is 5. The van der Waals surface area contributed by atoms with E-state index in [1.165, 1.54) is 0 Å². The molecule has 6 rings (SSSR count). The summed E-state index contributed by atoms with van der Waals surface area (Å²) in [4.78, 5) is 70.8. The van der Waals surface area contributed by atoms with E-state index in [9.17, 15) is 29.1 Å². The van der Waals surface area contributed by atoms with Gasteiger partial charge in [0, 0.05) is 31.6 Å². The predicted octanol–water partition coefficient (Wildman–Crippen LogP) is 1.09. The fourth-order valence-electron chi connectivity index (χ4n) is 7.73. The molecule has 2 aromatic carbocycles. The molecular weight excluding hydrogens is 650 g/mol. The molecule has 4 aliphatic rings. The number of aliphatic carboxylic acids is 1. The number of hydrogen-bond acceptors (Lipinski definition) is 8. The van der Waals surface area contributed by atoms with Crippen molar-refractivity contribution in [1.82, 2.24) is 25.8 Å². The SMILES string of the molecule is NCCCCC(NC(=O)C1(NC(=O)C(Cc2ccccc2)NC(=O)C(N)Cc2ccccc2)CCCCC1)C(=O)N1CC2CC(C1)N2CC(=O)O. The molecule has 0 spiro atoms. The maximum absolute atomic E-state index is 14.3. The van der Waals surface area contributed by atoms with Crippen molar-refractivity contribution in [2.75, 3.05) is 26.2 Å². The molecule has 2 aromatic rings. The number of hydrogen-bond donors (Lipinski definition) is 6. The van der Waals surface area contributed by atoms with Crippen molar-refractivity contribution in [2.24, 2.45) is 11.5 Å². The highest BCUT2D eigenvalue weighted by atomic mass is 16.4. The minimum Gasteiger partial charge on any atom is -0.480 e. The lowest BCUT2D eigenvalue weighted by atomic mass is 9.80. The van der Waals surface area contributed by atoms with Gasteiger partial charge in [-0.05, 0) is 62.6 Å². The second-order valence-electron chi connectivity index (χ2n) is 14.3. The van der Waals surface area contributed by atoms with Gasteiger partial charge in [-0.25, -0.2) is 0 Å². The van der Waals surface area contributed by atoms with E-state index >= 15 is 0 Å². The lowest BCUT2D eigenvalue weighted by Crippen LogP contribution is -2.71. The van der Waals surface area contributed by atoms with Crippen molar-refractivity contribution in [1.29, 1.82) is 0 Å². The average Bonchev–Trinajstić information content (AvgIpc) is 3.14. The van der Waals surface area contributed by atoms with E-state index in [2.05, 4.69) is 16.0 Å². The largest absolute Gasteiger partial charge is 0.480 e. The zero-order valence-electron chi connectivity index (χ0n) is 29.3. The topological polar surface area (TPSA) is 200 Å². The van der Waals surface area contributed by atoms with Crippen LogP contribution >= 0.6 is 0 Å². The summed E-state index contributed by atoms with van der Waals surface area (Å²) in [5.41, 5.74) is 12.5. The Kier molecular flexibility index (Phi) is 13.2. The molecule has 4 amide bonds. The van der Waals surface area contributed by atoms with E-state index in [0.717, 1.165) is 24.0 Å². The third-order valence-corrected chi connectivity index (χ3v) is 10.6. The fraction of sp³-hybridized carbons (Fsp3) is 0.553. The molecule has 1 saturated carbocycles. The van der Waals surface area contributed by atoms with Gasteiger partial charge in [0.1, 0.15) is 17.6 Å². The first-order valence-corrected chi connectivity index (χ1v) is 18.3. The maximum atomic E-state index is 14.3. The molecule has 0 radical (unpaired) electrons. The van der Waals surface area contributed by atoms with E-state index in [4.69, 9.17) is 11.5 Å². The monoisotopic (exact) mass is 703 g/mol. The first kappa shape index (κ1) is 37.9. The first-order valence-electron chi connectivity index (χ1n) is 18.3. The van der Waals surface area contributed by atoms with Crippen molar-refractivity contribution < 1.29 is 29.1 Å². The molecule has 51 heavy (non-hydrogen) atoms. The van der Waals surface area contributed by atoms with Gasteiger partial charge in [-0.2, -0.15) is 0 Å². The van der Waals surface area contributed by atoms with Gasteiger partial charge >= 0.3 is 5.97 Å². The Labute approximate surface area is 299 Å². The number of unbranched alkanes of at least 4 members (excludes halogenated alkanes) is 1. The summed E-state index contributed by atoms with van der Waals surface area (Å²) < 4.78 is 0. The molecule has 0 aromatic heterocycles. The van der Waals surface area contributed by atoms with E-state index in [1.807, 2.05) is 65.6 Å². The highest BCUT2D eigenvalue weighted by Gasteiger charge is 2.48. The van der Waals surface area contributed by atoms with Gasteiger partial charge in [0.05, 0.1) is 12.6 Å². The van der Waals surface area contributed by atoms with Crippen LogP contribution in [0.5, 0.6) is 0 Å². The Balaban J connectivity index is 1.31. The summed E-state index contributed by atoms with van der Waals surface area (Å²) in [6, 6.07) is 16.0. The molecule has 5 unspecified atom stereocenters. The summed E-state index contributed by atoms with van der Waals surface area (Å²) in [6.07, 6.45) is 6.18. The third-order valence-electron chi connectivity index (χ3n) is 10.6. The van der Waals surface area contributed by atoms with Crippen LogP contribution in [0, 0.1) is 0 Å². The number of nitrogens with one attached hydrogen (secondary N) is 3. The molecule has 8 N–H and O–H groups in total. The summed E-state index contributed by atoms with van der Waals surface area (Å²) in [5.74, 6) is -2.47. The molecule has 3 aliphatic heterocycles. The van der Waals surface area contributed by atoms with Gasteiger partial charge in [-0.1, -0.05) is 79.9 Å². The van der Waals surface area contributed by atoms with Gasteiger partial charge in [-0.15, -0.1) is 0 Å². The lowest BCUT2D eigenvalue weighted by Gasteiger charge is -2.56. The van der Waals surface area contributed by atoms with Gasteiger partial charge in [-0.3, -0.25) is 28.9 Å². The molecule has 276 valence electrons. The molecule has 3 saturated heterocycles. The standard InChI is InChI=1S/C38H53N7O6/c39-19-11-8-16-31(36(50)44-23-28-22-29(24-44)45(28)25-33(46)47)42-37(51)38(17-9-3-10-18-38)43-35(49)32(21-27-14-6-2-7-15-27)41-34(48)30(40)20-26-12-4-1-5-13-26/h1-2,4-7,12-15,28-32H,3,8-11,16-25,39-40H2,(H,41,48)(H,42,51)(H,43,49)(H,46,47). The van der Waals surface area contributed by atoms with Gasteiger partial charge in [0.25, 0.3) is 0 Å². The van der Waals surface area contributed by atoms with Crippen LogP contribution in [0.15, 0.2) is 60.7 Å². The molecule has 2 bridgehead atoms. The van der Waals surface area contributed by atoms with Crippen LogP contribution in [-0.4, -0.2) is 106 Å². The molecule has 5 atom stereocenters. The number of carbonyl (C=O) groups excluding carboxylic acids is 4. The zero-order valence-corrected chi connectivity index (χ0v) is 29.3. The van der Waals surface area contributed by atoms with Crippen LogP contribution in [0.4, 0.5) is 0 Å². The number of benzene rings is 2. The number of nitrogens with zero attached hydrogens (tertiary/aromatic N) is 2. The van der Waals surface area contributed by atoms with Crippen LogP contribution in [0.25, 0.3) is 0 Å². The maximum Gasteiger partial charge on any atom is 0.317 e. The predicted molar refractivity (Wildman–Crippen MR) is 192 cm³/mol. The number of piperazine rings is 1. The Morgan fingerprint density at radius 2 is 1.41 bits per heavy atom. The Hall–Kier alpha value is -4.33. The van der Waals surface area contributed by atoms with E-state index in [1.54, 1.807) is 4.90 Å². The molecule has 3 heterocycles. The third kappa shape index (κ3) is 9.93. The van der Waals surface area contributed by atoms with Crippen molar-refractivity contribution in [3.05, 3.63) is 71.8 Å². The smallest absolute Gasteiger partial charge is 0.317 e. The fourth-order valence-corrected chi connectivity index (χ4v) is 7.73. The number of nitrogens with two attached hydrogens (primary N) is 2. The molecule has 4 fully saturated rings. The number of piperidine rings is 1. The van der Waals surface area contributed by atoms with Gasteiger partial charge in [0.15, 0.2) is 0 Å². The molecule has 13 heteroatoms. The van der Waals surface area contributed by atoms with E-state index in [-0.39, 0.29) is 31.0 Å². The normalized spacial score (nSPS) is 21.3. The second-order valence-corrected chi connectivity index (χ2v) is 14.3. The summed E-state index contributed by atoms with van der Waals surface area (Å²) in [6.45, 7) is 1.21. The van der Waals surface area contributed by atoms with Crippen LogP contribution in [0.1, 0.15) is 68.9 Å². The number of amides is 4. The van der Waals surface area contributed by atoms with Crippen LogP contribution in [0.3, 0.4) is 0 Å². The number of rotatable bonds is 17. The Morgan fingerprint density at radius 1 is 0.804 bits per heavy atom. The molecule has 1 aliphatic carbocycles. The Bertz CT molecular complexity index is 1490. The van der Waals surface area contributed by atoms with Gasteiger partial charge < -0.3 is 37.4 Å². The van der Waals surface area contributed by atoms with Crippen LogP contribution < -0.4 is 27.4 Å². The summed E-state index contributed by atoms with van der Waals surface area (Å²) >= 11 is 0. The number of carboxylic acid groups (broad SMARTS) is 1. The molecule has 13 nitrogen and oxygen atoms in total. The van der Waals surface area contributed by atoms with Crippen LogP contribution in [0.2, 0.25) is 0 Å². The van der Waals surface area contributed by atoms with Crippen molar-refractivity contribution in [3.63, 3.8) is 0 Å². The number of fused-ring (bicyclic) bond motifs is 2. The van der Waals surface area contributed by atoms with Crippen molar-refractivity contribution in [3.8, 4) is 0 Å². The van der Waals surface area contributed by atoms with E-state index in [0.29, 0.717) is 71.0 Å². The average molecular weight is 704 g/mol. The lowest BCUT2D eigenvalue weighted by molar-refractivity contribution is -0.155. The molecular formula is C38H53N7O6. The van der Waals surface area contributed by atoms with E-state index < -0.39 is 47.4 Å².